The number of rotatable bonds is 2. The minimum absolute atomic E-state index is 0.0316. The van der Waals surface area contributed by atoms with E-state index in [1.165, 1.54) is 29.8 Å². The Hall–Kier alpha value is -2.04. The van der Waals surface area contributed by atoms with Gasteiger partial charge in [0.2, 0.25) is 0 Å². The Morgan fingerprint density at radius 2 is 1.02 bits per heavy atom. The van der Waals surface area contributed by atoms with E-state index in [0.717, 1.165) is 25.2 Å². The number of nitrogens with zero attached hydrogens (tertiary/aromatic N) is 2. The van der Waals surface area contributed by atoms with Crippen LogP contribution in [0, 0.1) is 21.7 Å². The second kappa shape index (κ2) is 12.8. The molecule has 2 aromatic rings. The number of hydrogen-bond donors (Lipinski definition) is 2. The van der Waals surface area contributed by atoms with Crippen LogP contribution < -0.4 is 15.1 Å². The van der Waals surface area contributed by atoms with Crippen molar-refractivity contribution in [3.8, 4) is 0 Å². The van der Waals surface area contributed by atoms with Crippen molar-refractivity contribution < 1.29 is 5.11 Å². The zero-order valence-corrected chi connectivity index (χ0v) is 36.0. The Labute approximate surface area is 309 Å². The molecule has 3 aliphatic rings. The van der Waals surface area contributed by atoms with Crippen LogP contribution >= 0.6 is 0 Å². The number of anilines is 2. The average molecular weight is 688 g/mol. The minimum atomic E-state index is -0.455. The number of fused-ring (bicyclic) bond motifs is 2. The first-order valence-corrected chi connectivity index (χ1v) is 19.7. The summed E-state index contributed by atoms with van der Waals surface area (Å²) >= 11 is 0. The zero-order valence-electron chi connectivity index (χ0n) is 36.0. The molecule has 2 aromatic carbocycles. The Morgan fingerprint density at radius 1 is 0.620 bits per heavy atom. The first-order valence-electron chi connectivity index (χ1n) is 19.7. The third-order valence-electron chi connectivity index (χ3n) is 13.0. The van der Waals surface area contributed by atoms with Gasteiger partial charge in [-0.15, -0.1) is 0 Å². The van der Waals surface area contributed by atoms with Crippen molar-refractivity contribution in [2.75, 3.05) is 29.4 Å². The van der Waals surface area contributed by atoms with Crippen LogP contribution in [0.4, 0.5) is 11.4 Å². The molecule has 0 aromatic heterocycles. The summed E-state index contributed by atoms with van der Waals surface area (Å²) in [5.74, 6) is 0. The van der Waals surface area contributed by atoms with Crippen LogP contribution in [0.1, 0.15) is 179 Å². The van der Waals surface area contributed by atoms with E-state index in [4.69, 9.17) is 0 Å². The fourth-order valence-electron chi connectivity index (χ4n) is 10.8. The van der Waals surface area contributed by atoms with Gasteiger partial charge < -0.3 is 20.2 Å². The van der Waals surface area contributed by atoms with E-state index in [1.54, 1.807) is 11.1 Å². The van der Waals surface area contributed by atoms with Crippen molar-refractivity contribution in [1.82, 2.24) is 5.32 Å². The molecule has 2 N–H and O–H groups in total. The topological polar surface area (TPSA) is 38.7 Å². The van der Waals surface area contributed by atoms with E-state index < -0.39 is 6.10 Å². The van der Waals surface area contributed by atoms with Gasteiger partial charge in [-0.25, -0.2) is 0 Å². The zero-order chi connectivity index (χ0) is 38.3. The van der Waals surface area contributed by atoms with E-state index >= 15 is 0 Å². The summed E-state index contributed by atoms with van der Waals surface area (Å²) in [6.07, 6.45) is 2.09. The summed E-state index contributed by atoms with van der Waals surface area (Å²) in [7, 11) is 0. The Bertz CT molecular complexity index is 1470. The van der Waals surface area contributed by atoms with E-state index in [0.29, 0.717) is 6.04 Å². The third kappa shape index (κ3) is 6.56. The lowest BCUT2D eigenvalue weighted by Gasteiger charge is -2.53. The summed E-state index contributed by atoms with van der Waals surface area (Å²) in [5.41, 5.74) is 9.13. The molecule has 3 heterocycles. The number of aliphatic hydroxyl groups is 1. The van der Waals surface area contributed by atoms with Crippen LogP contribution in [0.2, 0.25) is 0 Å². The minimum Gasteiger partial charge on any atom is -0.389 e. The Kier molecular flexibility index (Phi) is 10.4. The summed E-state index contributed by atoms with van der Waals surface area (Å²) in [5, 5.41) is 14.3. The molecule has 0 amide bonds. The SMILES string of the molecule is CC(C)(C)N1CC(C(C)(C)C)(C(C)(C)C)c2c(C3CCCN3)cccc21.CC(O)c1cccc2c1C(C(C)(C)C)(C(C)(C)C)CN2C(C)(C)C. The van der Waals surface area contributed by atoms with Crippen molar-refractivity contribution in [3.63, 3.8) is 0 Å². The fraction of sp³-hybridized carbons (Fsp3) is 0.739. The Balaban J connectivity index is 0.000000226. The lowest BCUT2D eigenvalue weighted by atomic mass is 9.51. The van der Waals surface area contributed by atoms with Gasteiger partial charge in [0.25, 0.3) is 0 Å². The molecule has 5 rings (SSSR count). The van der Waals surface area contributed by atoms with Crippen molar-refractivity contribution in [1.29, 1.82) is 0 Å². The van der Waals surface area contributed by atoms with Gasteiger partial charge in [0, 0.05) is 52.4 Å². The van der Waals surface area contributed by atoms with Crippen molar-refractivity contribution >= 4 is 11.4 Å². The van der Waals surface area contributed by atoms with Gasteiger partial charge in [-0.1, -0.05) is 107 Å². The van der Waals surface area contributed by atoms with E-state index in [1.807, 2.05) is 6.92 Å². The average Bonchev–Trinajstić information content (AvgIpc) is 3.66. The largest absolute Gasteiger partial charge is 0.389 e. The lowest BCUT2D eigenvalue weighted by Crippen LogP contribution is -2.55. The molecule has 282 valence electrons. The van der Waals surface area contributed by atoms with Crippen LogP contribution in [-0.4, -0.2) is 35.8 Å². The van der Waals surface area contributed by atoms with Crippen molar-refractivity contribution in [3.05, 3.63) is 58.7 Å². The van der Waals surface area contributed by atoms with Crippen LogP contribution in [0.25, 0.3) is 0 Å². The Morgan fingerprint density at radius 3 is 1.38 bits per heavy atom. The standard InChI is InChI=1S/C24H40N2.C22H37NO/c1-21(2,3)24(22(4,5)6)16-26(23(7,8)9)19-14-10-12-17(20(19)24)18-13-11-15-25-18;1-15(24)16-12-11-13-17-18(16)22(19(2,3)4,20(5,6)7)14-23(17)21(8,9)10/h10,12,14,18,25H,11,13,15-16H2,1-9H3;11-13,15,24H,14H2,1-10H3. The van der Waals surface area contributed by atoms with Crippen molar-refractivity contribution in [2.24, 2.45) is 21.7 Å². The van der Waals surface area contributed by atoms with Gasteiger partial charge in [0.05, 0.1) is 6.10 Å². The van der Waals surface area contributed by atoms with Gasteiger partial charge >= 0.3 is 0 Å². The van der Waals surface area contributed by atoms with Gasteiger partial charge in [-0.2, -0.15) is 0 Å². The van der Waals surface area contributed by atoms with Crippen LogP contribution in [0.5, 0.6) is 0 Å². The quantitative estimate of drug-likeness (QED) is 0.330. The van der Waals surface area contributed by atoms with E-state index in [-0.39, 0.29) is 43.6 Å². The molecule has 0 saturated carbocycles. The highest BCUT2D eigenvalue weighted by Gasteiger charge is 2.60. The maximum atomic E-state index is 10.5. The molecule has 1 fully saturated rings. The van der Waals surface area contributed by atoms with Crippen LogP contribution in [0.15, 0.2) is 36.4 Å². The summed E-state index contributed by atoms with van der Waals surface area (Å²) < 4.78 is 0. The molecular formula is C46H77N3O. The molecule has 3 aliphatic heterocycles. The smallest absolute Gasteiger partial charge is 0.0765 e. The molecular weight excluding hydrogens is 611 g/mol. The highest BCUT2D eigenvalue weighted by Crippen LogP contribution is 2.63. The first kappa shape index (κ1) is 40.7. The van der Waals surface area contributed by atoms with E-state index in [2.05, 4.69) is 176 Å². The summed E-state index contributed by atoms with van der Waals surface area (Å²) in [4.78, 5) is 5.22. The maximum Gasteiger partial charge on any atom is 0.0765 e. The molecule has 0 aliphatic carbocycles. The molecule has 1 saturated heterocycles. The molecule has 0 radical (unpaired) electrons. The van der Waals surface area contributed by atoms with E-state index in [9.17, 15) is 5.11 Å². The number of hydrogen-bond acceptors (Lipinski definition) is 4. The molecule has 0 spiro atoms. The van der Waals surface area contributed by atoms with Gasteiger partial charge in [0.15, 0.2) is 0 Å². The van der Waals surface area contributed by atoms with Crippen LogP contribution in [-0.2, 0) is 10.8 Å². The molecule has 4 nitrogen and oxygen atoms in total. The second-order valence-electron chi connectivity index (χ2n) is 22.1. The monoisotopic (exact) mass is 688 g/mol. The highest BCUT2D eigenvalue weighted by atomic mass is 16.3. The predicted molar refractivity (Wildman–Crippen MR) is 219 cm³/mol. The highest BCUT2D eigenvalue weighted by molar-refractivity contribution is 5.70. The number of benzene rings is 2. The number of nitrogens with one attached hydrogen (secondary N) is 1. The molecule has 4 heteroatoms. The van der Waals surface area contributed by atoms with Gasteiger partial charge in [0.1, 0.15) is 0 Å². The van der Waals surface area contributed by atoms with Crippen molar-refractivity contribution in [2.45, 2.75) is 178 Å². The molecule has 0 bridgehead atoms. The summed E-state index contributed by atoms with van der Waals surface area (Å²) in [6, 6.07) is 14.0. The third-order valence-corrected chi connectivity index (χ3v) is 13.0. The predicted octanol–water partition coefficient (Wildman–Crippen LogP) is 11.7. The number of aliphatic hydroxyl groups excluding tert-OH is 1. The maximum absolute atomic E-state index is 10.5. The molecule has 2 atom stereocenters. The normalized spacial score (nSPS) is 21.5. The fourth-order valence-corrected chi connectivity index (χ4v) is 10.8. The van der Waals surface area contributed by atoms with Crippen LogP contribution in [0.3, 0.4) is 0 Å². The first-order chi connectivity index (χ1) is 22.4. The van der Waals surface area contributed by atoms with Gasteiger partial charge in [-0.3, -0.25) is 0 Å². The molecule has 2 unspecified atom stereocenters. The summed E-state index contributed by atoms with van der Waals surface area (Å²) in [6.45, 7) is 47.9. The van der Waals surface area contributed by atoms with Gasteiger partial charge in [-0.05, 0) is 124 Å². The second-order valence-corrected chi connectivity index (χ2v) is 22.1. The molecule has 50 heavy (non-hydrogen) atoms. The lowest BCUT2D eigenvalue weighted by molar-refractivity contribution is 0.0604.